The molecule has 0 aliphatic heterocycles. The fraction of sp³-hybridized carbons (Fsp3) is 0.143. The lowest BCUT2D eigenvalue weighted by molar-refractivity contribution is 1.39. The minimum absolute atomic E-state index is 1.27. The lowest BCUT2D eigenvalue weighted by Gasteiger charge is -2.06. The number of rotatable bonds is 8. The second kappa shape index (κ2) is 43.1. The van der Waals surface area contributed by atoms with Gasteiger partial charge in [-0.05, 0) is 200 Å². The first kappa shape index (κ1) is 83.6. The first-order valence-corrected chi connectivity index (χ1v) is 39.1. The van der Waals surface area contributed by atoms with E-state index in [1.807, 2.05) is 0 Å². The van der Waals surface area contributed by atoms with Crippen LogP contribution >= 0.6 is 0 Å². The average molecular weight is 1460 g/mol. The fourth-order valence-electron chi connectivity index (χ4n) is 12.7. The highest BCUT2D eigenvalue weighted by Crippen LogP contribution is 2.30. The summed E-state index contributed by atoms with van der Waals surface area (Å²) in [6.45, 7) is 33.8. The Morgan fingerprint density at radius 2 is 0.179 bits per heavy atom. The number of hydrogen-bond acceptors (Lipinski definition) is 0. The molecule has 0 radical (unpaired) electrons. The Bertz CT molecular complexity index is 5200. The van der Waals surface area contributed by atoms with Gasteiger partial charge < -0.3 is 0 Å². The van der Waals surface area contributed by atoms with Crippen LogP contribution in [-0.2, 0) is 0 Å². The monoisotopic (exact) mass is 1460 g/mol. The van der Waals surface area contributed by atoms with E-state index >= 15 is 0 Å². The predicted octanol–water partition coefficient (Wildman–Crippen LogP) is 31.8. The molecule has 0 amide bonds. The van der Waals surface area contributed by atoms with Crippen LogP contribution in [0.2, 0.25) is 0 Å². The van der Waals surface area contributed by atoms with Crippen LogP contribution < -0.4 is 0 Å². The molecule has 0 unspecified atom stereocenters. The van der Waals surface area contributed by atoms with Crippen molar-refractivity contribution < 1.29 is 0 Å². The quantitative estimate of drug-likeness (QED) is 0.142. The Kier molecular flexibility index (Phi) is 32.1. The summed E-state index contributed by atoms with van der Waals surface area (Å²) >= 11 is 0. The maximum Gasteiger partial charge on any atom is -0.0181 e. The zero-order chi connectivity index (χ0) is 79.7. The summed E-state index contributed by atoms with van der Waals surface area (Å²) in [6.07, 6.45) is 0. The molecule has 0 saturated heterocycles. The molecule has 0 aliphatic carbocycles. The lowest BCUT2D eigenvalue weighted by atomic mass is 9.99. The van der Waals surface area contributed by atoms with Crippen molar-refractivity contribution >= 4 is 0 Å². The molecule has 0 bridgehead atoms. The molecular weight excluding hydrogens is 1350 g/mol. The molecule has 16 aromatic rings. The third kappa shape index (κ3) is 28.2. The molecule has 0 atom stereocenters. The smallest absolute Gasteiger partial charge is 0.0181 e. The van der Waals surface area contributed by atoms with Gasteiger partial charge in [0.05, 0.1) is 0 Å². The number of aryl methyl sites for hydroxylation is 16. The molecule has 0 aliphatic rings. The number of benzene rings is 16. The van der Waals surface area contributed by atoms with Crippen LogP contribution in [-0.4, -0.2) is 0 Å². The van der Waals surface area contributed by atoms with Crippen molar-refractivity contribution in [3.8, 4) is 89.0 Å². The van der Waals surface area contributed by atoms with Crippen LogP contribution in [0.4, 0.5) is 0 Å². The highest BCUT2D eigenvalue weighted by atomic mass is 14.1. The zero-order valence-electron chi connectivity index (χ0n) is 69.0. The maximum atomic E-state index is 2.22. The van der Waals surface area contributed by atoms with Gasteiger partial charge in [-0.15, -0.1) is 0 Å². The topological polar surface area (TPSA) is 0 Å². The SMILES string of the molecule is Cc1ccc(-c2ccc(-c3cccc(C)c3)cc2)cc1.Cc1ccc(-c2ccc(C)cc2)cc1.Cc1ccc(-c2cccc(C)c2)cc1.Cc1ccc(-c2cccc(C)c2)cc1.Cc1ccc(C)cc1.Cc1cccc(-c2ccc(-c3cccc(C)c3)cc2)c1.Cc1cccc(-c2cccc(C)c2)c1.Cc1cccc(C)c1. The molecule has 0 heteroatoms. The van der Waals surface area contributed by atoms with Crippen LogP contribution in [0.3, 0.4) is 0 Å². The van der Waals surface area contributed by atoms with Gasteiger partial charge in [-0.1, -0.05) is 477 Å². The summed E-state index contributed by atoms with van der Waals surface area (Å²) in [7, 11) is 0. The minimum atomic E-state index is 1.27. The Morgan fingerprint density at radius 1 is 0.0804 bits per heavy atom. The van der Waals surface area contributed by atoms with Gasteiger partial charge in [0.25, 0.3) is 0 Å². The summed E-state index contributed by atoms with van der Waals surface area (Å²) in [4.78, 5) is 0. The Labute approximate surface area is 672 Å². The third-order valence-electron chi connectivity index (χ3n) is 19.2. The van der Waals surface area contributed by atoms with E-state index in [9.17, 15) is 0 Å². The van der Waals surface area contributed by atoms with Gasteiger partial charge in [0.15, 0.2) is 0 Å². The van der Waals surface area contributed by atoms with Gasteiger partial charge in [-0.25, -0.2) is 0 Å². The summed E-state index contributed by atoms with van der Waals surface area (Å²) in [5.41, 5.74) is 41.5. The second-order valence-corrected chi connectivity index (χ2v) is 29.9. The highest BCUT2D eigenvalue weighted by molar-refractivity contribution is 5.74. The summed E-state index contributed by atoms with van der Waals surface area (Å²) in [5, 5.41) is 0. The highest BCUT2D eigenvalue weighted by Gasteiger charge is 2.05. The molecule has 0 saturated carbocycles. The van der Waals surface area contributed by atoms with Crippen molar-refractivity contribution in [1.82, 2.24) is 0 Å². The van der Waals surface area contributed by atoms with Crippen molar-refractivity contribution in [3.63, 3.8) is 0 Å². The zero-order valence-corrected chi connectivity index (χ0v) is 69.0. The van der Waals surface area contributed by atoms with E-state index in [0.717, 1.165) is 0 Å². The molecule has 0 spiro atoms. The Balaban J connectivity index is 0.000000149. The molecule has 0 fully saturated rings. The second-order valence-electron chi connectivity index (χ2n) is 29.9. The molecule has 112 heavy (non-hydrogen) atoms. The fourth-order valence-corrected chi connectivity index (χ4v) is 12.7. The van der Waals surface area contributed by atoms with E-state index in [-0.39, 0.29) is 0 Å². The van der Waals surface area contributed by atoms with Crippen molar-refractivity contribution in [2.45, 2.75) is 111 Å². The van der Waals surface area contributed by atoms with Gasteiger partial charge in [0, 0.05) is 0 Å². The van der Waals surface area contributed by atoms with Gasteiger partial charge >= 0.3 is 0 Å². The van der Waals surface area contributed by atoms with E-state index in [1.54, 1.807) is 0 Å². The van der Waals surface area contributed by atoms with Crippen molar-refractivity contribution in [2.24, 2.45) is 0 Å². The normalized spacial score (nSPS) is 10.1. The number of hydrogen-bond donors (Lipinski definition) is 0. The van der Waals surface area contributed by atoms with Gasteiger partial charge in [-0.2, -0.15) is 0 Å². The van der Waals surface area contributed by atoms with Gasteiger partial charge in [-0.3, -0.25) is 0 Å². The molecule has 560 valence electrons. The molecule has 0 nitrogen and oxygen atoms in total. The molecule has 16 rings (SSSR count). The first-order valence-electron chi connectivity index (χ1n) is 39.1. The molecule has 0 heterocycles. The predicted molar refractivity (Wildman–Crippen MR) is 491 cm³/mol. The first-order chi connectivity index (χ1) is 54.0. The third-order valence-corrected chi connectivity index (χ3v) is 19.2. The van der Waals surface area contributed by atoms with Crippen LogP contribution in [0.15, 0.2) is 388 Å². The average Bonchev–Trinajstić information content (AvgIpc) is 0.837. The van der Waals surface area contributed by atoms with Crippen molar-refractivity contribution in [3.05, 3.63) is 477 Å². The standard InChI is InChI=1S/2C20H18.4C14H14.2C8H10/c1-15-5-3-7-19(13-15)17-9-11-18(12-10-17)20-8-4-6-16(2)14-20;1-15-6-8-17(9-7-15)18-10-12-19(13-11-18)20-5-3-4-16(2)14-20;1-11-3-7-13(8-4-11)14-9-5-12(2)6-10-14;1-11-5-3-7-13(9-11)14-8-4-6-12(2)10-14;2*1-11-6-8-13(9-7-11)14-5-3-4-12(2)10-14;1-7-3-5-8(2)6-4-7;1-7-4-3-5-8(2)6-7/h2*3-14H,1-2H3;4*3-10H,1-2H3;2*3-6H,1-2H3. The van der Waals surface area contributed by atoms with E-state index in [2.05, 4.69) is 499 Å². The summed E-state index contributed by atoms with van der Waals surface area (Å²) in [6, 6.07) is 138. The summed E-state index contributed by atoms with van der Waals surface area (Å²) < 4.78 is 0. The van der Waals surface area contributed by atoms with Crippen molar-refractivity contribution in [1.29, 1.82) is 0 Å². The van der Waals surface area contributed by atoms with Crippen LogP contribution in [0.25, 0.3) is 89.0 Å². The molecular formula is C112H112. The Hall–Kier alpha value is -12.5. The Morgan fingerprint density at radius 3 is 0.304 bits per heavy atom. The van der Waals surface area contributed by atoms with E-state index < -0.39 is 0 Å². The maximum absolute atomic E-state index is 2.22. The lowest BCUT2D eigenvalue weighted by Crippen LogP contribution is -1.82. The van der Waals surface area contributed by atoms with Crippen LogP contribution in [0, 0.1) is 111 Å². The van der Waals surface area contributed by atoms with E-state index in [0.29, 0.717) is 0 Å². The minimum Gasteiger partial charge on any atom is -0.0617 e. The van der Waals surface area contributed by atoms with E-state index in [1.165, 1.54) is 178 Å². The molecule has 0 N–H and O–H groups in total. The molecule has 16 aromatic carbocycles. The van der Waals surface area contributed by atoms with Gasteiger partial charge in [0.2, 0.25) is 0 Å². The molecule has 0 aromatic heterocycles. The largest absolute Gasteiger partial charge is 0.0617 e. The van der Waals surface area contributed by atoms with Crippen LogP contribution in [0.1, 0.15) is 89.0 Å². The van der Waals surface area contributed by atoms with Crippen molar-refractivity contribution in [2.75, 3.05) is 0 Å². The van der Waals surface area contributed by atoms with E-state index in [4.69, 9.17) is 0 Å². The van der Waals surface area contributed by atoms with Gasteiger partial charge in [0.1, 0.15) is 0 Å². The van der Waals surface area contributed by atoms with Crippen LogP contribution in [0.5, 0.6) is 0 Å². The summed E-state index contributed by atoms with van der Waals surface area (Å²) in [5.74, 6) is 0.